The average Bonchev–Trinajstić information content (AvgIpc) is 2.36. The molecule has 0 saturated heterocycles. The summed E-state index contributed by atoms with van der Waals surface area (Å²) in [5.41, 5.74) is 1.51. The van der Waals surface area contributed by atoms with Crippen LogP contribution in [0.5, 0.6) is 0 Å². The fourth-order valence-corrected chi connectivity index (χ4v) is 1.75. The molecule has 0 aromatic heterocycles. The molecule has 0 fully saturated rings. The number of carbonyl (C=O) groups excluding carboxylic acids is 1. The van der Waals surface area contributed by atoms with E-state index in [9.17, 15) is 9.90 Å². The number of hydrogen-bond acceptors (Lipinski definition) is 2. The Labute approximate surface area is 109 Å². The molecule has 0 heterocycles. The molecule has 4 nitrogen and oxygen atoms in total. The molecule has 4 heteroatoms. The quantitative estimate of drug-likeness (QED) is 0.844. The summed E-state index contributed by atoms with van der Waals surface area (Å²) >= 11 is 0. The predicted octanol–water partition coefficient (Wildman–Crippen LogP) is 3.00. The molecule has 1 atom stereocenters. The standard InChI is InChI=1S/C14H22N2O2/c1-4-9-16(5-2)14(18)15-13-8-6-7-12(10-13)11(3)17/h6-8,10-11,17H,4-5,9H2,1-3H3,(H,15,18). The van der Waals surface area contributed by atoms with E-state index in [0.29, 0.717) is 12.2 Å². The number of rotatable bonds is 5. The van der Waals surface area contributed by atoms with Gasteiger partial charge in [-0.3, -0.25) is 0 Å². The fourth-order valence-electron chi connectivity index (χ4n) is 1.75. The van der Waals surface area contributed by atoms with Gasteiger partial charge in [0.2, 0.25) is 0 Å². The van der Waals surface area contributed by atoms with Crippen LogP contribution in [0.25, 0.3) is 0 Å². The predicted molar refractivity (Wildman–Crippen MR) is 73.6 cm³/mol. The van der Waals surface area contributed by atoms with Crippen molar-refractivity contribution < 1.29 is 9.90 Å². The molecule has 0 aliphatic rings. The molecule has 100 valence electrons. The molecule has 1 unspecified atom stereocenters. The van der Waals surface area contributed by atoms with Gasteiger partial charge in [0.25, 0.3) is 0 Å². The molecular formula is C14H22N2O2. The number of anilines is 1. The number of hydrogen-bond donors (Lipinski definition) is 2. The van der Waals surface area contributed by atoms with Crippen LogP contribution in [0.4, 0.5) is 10.5 Å². The third-order valence-corrected chi connectivity index (χ3v) is 2.78. The summed E-state index contributed by atoms with van der Waals surface area (Å²) in [6, 6.07) is 7.19. The van der Waals surface area contributed by atoms with E-state index in [1.807, 2.05) is 32.0 Å². The van der Waals surface area contributed by atoms with Gasteiger partial charge in [0.15, 0.2) is 0 Å². The van der Waals surface area contributed by atoms with E-state index in [1.165, 1.54) is 0 Å². The zero-order chi connectivity index (χ0) is 13.5. The number of nitrogens with one attached hydrogen (secondary N) is 1. The second-order valence-electron chi connectivity index (χ2n) is 4.31. The normalized spacial score (nSPS) is 12.0. The second-order valence-corrected chi connectivity index (χ2v) is 4.31. The lowest BCUT2D eigenvalue weighted by atomic mass is 10.1. The zero-order valence-corrected chi connectivity index (χ0v) is 11.3. The van der Waals surface area contributed by atoms with E-state index in [4.69, 9.17) is 0 Å². The summed E-state index contributed by atoms with van der Waals surface area (Å²) in [6.07, 6.45) is 0.411. The van der Waals surface area contributed by atoms with Gasteiger partial charge in [-0.15, -0.1) is 0 Å². The SMILES string of the molecule is CCCN(CC)C(=O)Nc1cccc(C(C)O)c1. The van der Waals surface area contributed by atoms with Gasteiger partial charge in [-0.05, 0) is 38.0 Å². The van der Waals surface area contributed by atoms with Crippen molar-refractivity contribution in [3.63, 3.8) is 0 Å². The highest BCUT2D eigenvalue weighted by atomic mass is 16.3. The third kappa shape index (κ3) is 4.04. The maximum Gasteiger partial charge on any atom is 0.321 e. The summed E-state index contributed by atoms with van der Waals surface area (Å²) in [4.78, 5) is 13.7. The van der Waals surface area contributed by atoms with E-state index >= 15 is 0 Å². The molecule has 0 aliphatic carbocycles. The third-order valence-electron chi connectivity index (χ3n) is 2.78. The summed E-state index contributed by atoms with van der Waals surface area (Å²) in [6.45, 7) is 7.15. The summed E-state index contributed by atoms with van der Waals surface area (Å²) in [5, 5.41) is 12.3. The molecular weight excluding hydrogens is 228 g/mol. The van der Waals surface area contributed by atoms with Gasteiger partial charge in [-0.25, -0.2) is 4.79 Å². The highest BCUT2D eigenvalue weighted by molar-refractivity contribution is 5.89. The van der Waals surface area contributed by atoms with E-state index < -0.39 is 6.10 Å². The average molecular weight is 250 g/mol. The van der Waals surface area contributed by atoms with Crippen molar-refractivity contribution in [2.75, 3.05) is 18.4 Å². The molecule has 0 bridgehead atoms. The molecule has 0 aliphatic heterocycles. The van der Waals surface area contributed by atoms with Crippen LogP contribution >= 0.6 is 0 Å². The van der Waals surface area contributed by atoms with Crippen LogP contribution in [0.2, 0.25) is 0 Å². The van der Waals surface area contributed by atoms with Crippen molar-refractivity contribution >= 4 is 11.7 Å². The Morgan fingerprint density at radius 2 is 2.17 bits per heavy atom. The molecule has 0 spiro atoms. The lowest BCUT2D eigenvalue weighted by Crippen LogP contribution is -2.35. The van der Waals surface area contributed by atoms with Crippen LogP contribution in [0.1, 0.15) is 38.9 Å². The molecule has 1 aromatic carbocycles. The first kappa shape index (κ1) is 14.5. The highest BCUT2D eigenvalue weighted by Gasteiger charge is 2.11. The van der Waals surface area contributed by atoms with Gasteiger partial charge in [-0.1, -0.05) is 19.1 Å². The Balaban J connectivity index is 2.71. The van der Waals surface area contributed by atoms with Crippen LogP contribution in [0, 0.1) is 0 Å². The molecule has 18 heavy (non-hydrogen) atoms. The van der Waals surface area contributed by atoms with E-state index in [-0.39, 0.29) is 6.03 Å². The fraction of sp³-hybridized carbons (Fsp3) is 0.500. The molecule has 1 aromatic rings. The molecule has 1 rings (SSSR count). The maximum atomic E-state index is 12.0. The first-order chi connectivity index (χ1) is 8.58. The number of amides is 2. The maximum absolute atomic E-state index is 12.0. The minimum absolute atomic E-state index is 0.0953. The number of urea groups is 1. The largest absolute Gasteiger partial charge is 0.389 e. The lowest BCUT2D eigenvalue weighted by Gasteiger charge is -2.20. The van der Waals surface area contributed by atoms with E-state index in [1.54, 1.807) is 17.9 Å². The van der Waals surface area contributed by atoms with Crippen molar-refractivity contribution in [3.8, 4) is 0 Å². The van der Waals surface area contributed by atoms with Gasteiger partial charge in [0.05, 0.1) is 6.10 Å². The van der Waals surface area contributed by atoms with Crippen LogP contribution in [-0.4, -0.2) is 29.1 Å². The summed E-state index contributed by atoms with van der Waals surface area (Å²) < 4.78 is 0. The Hall–Kier alpha value is -1.55. The Morgan fingerprint density at radius 1 is 1.44 bits per heavy atom. The zero-order valence-electron chi connectivity index (χ0n) is 11.3. The van der Waals surface area contributed by atoms with E-state index in [0.717, 1.165) is 18.5 Å². The number of aliphatic hydroxyl groups is 1. The number of benzene rings is 1. The number of carbonyl (C=O) groups is 1. The Kier molecular flexibility index (Phi) is 5.65. The minimum atomic E-state index is -0.528. The number of aliphatic hydroxyl groups excluding tert-OH is 1. The van der Waals surface area contributed by atoms with Crippen molar-refractivity contribution in [1.29, 1.82) is 0 Å². The summed E-state index contributed by atoms with van der Waals surface area (Å²) in [7, 11) is 0. The molecule has 2 amide bonds. The van der Waals surface area contributed by atoms with Crippen LogP contribution in [0.3, 0.4) is 0 Å². The highest BCUT2D eigenvalue weighted by Crippen LogP contribution is 2.17. The van der Waals surface area contributed by atoms with Crippen molar-refractivity contribution in [2.24, 2.45) is 0 Å². The Morgan fingerprint density at radius 3 is 2.72 bits per heavy atom. The van der Waals surface area contributed by atoms with Gasteiger partial charge >= 0.3 is 6.03 Å². The molecule has 2 N–H and O–H groups in total. The van der Waals surface area contributed by atoms with Crippen molar-refractivity contribution in [1.82, 2.24) is 4.90 Å². The lowest BCUT2D eigenvalue weighted by molar-refractivity contribution is 0.199. The number of nitrogens with zero attached hydrogens (tertiary/aromatic N) is 1. The van der Waals surface area contributed by atoms with E-state index in [2.05, 4.69) is 5.32 Å². The van der Waals surface area contributed by atoms with Gasteiger partial charge in [-0.2, -0.15) is 0 Å². The van der Waals surface area contributed by atoms with Crippen LogP contribution < -0.4 is 5.32 Å². The smallest absolute Gasteiger partial charge is 0.321 e. The molecule has 0 saturated carbocycles. The van der Waals surface area contributed by atoms with Crippen molar-refractivity contribution in [3.05, 3.63) is 29.8 Å². The minimum Gasteiger partial charge on any atom is -0.389 e. The van der Waals surface area contributed by atoms with Crippen LogP contribution in [-0.2, 0) is 0 Å². The molecule has 0 radical (unpaired) electrons. The topological polar surface area (TPSA) is 52.6 Å². The monoisotopic (exact) mass is 250 g/mol. The second kappa shape index (κ2) is 7.01. The van der Waals surface area contributed by atoms with Gasteiger partial charge < -0.3 is 15.3 Å². The first-order valence-corrected chi connectivity index (χ1v) is 6.42. The van der Waals surface area contributed by atoms with Crippen molar-refractivity contribution in [2.45, 2.75) is 33.3 Å². The van der Waals surface area contributed by atoms with Gasteiger partial charge in [0, 0.05) is 18.8 Å². The Bertz CT molecular complexity index is 391. The first-order valence-electron chi connectivity index (χ1n) is 6.42. The summed E-state index contributed by atoms with van der Waals surface area (Å²) in [5.74, 6) is 0. The van der Waals surface area contributed by atoms with Gasteiger partial charge in [0.1, 0.15) is 0 Å². The van der Waals surface area contributed by atoms with Crippen LogP contribution in [0.15, 0.2) is 24.3 Å².